The third kappa shape index (κ3) is 4.41. The number of amides is 1. The summed E-state index contributed by atoms with van der Waals surface area (Å²) < 4.78 is 26.0. The molecule has 0 bridgehead atoms. The minimum atomic E-state index is -3.13. The molecular weight excluding hydrogens is 340 g/mol. The van der Waals surface area contributed by atoms with Gasteiger partial charge in [-0.25, -0.2) is 8.42 Å². The third-order valence-corrected chi connectivity index (χ3v) is 6.98. The number of carbonyl (C=O) groups is 1. The summed E-state index contributed by atoms with van der Waals surface area (Å²) in [5.74, 6) is 0.789. The quantitative estimate of drug-likeness (QED) is 0.790. The van der Waals surface area contributed by atoms with Crippen molar-refractivity contribution in [1.82, 2.24) is 19.6 Å². The number of aromatic nitrogens is 2. The lowest BCUT2D eigenvalue weighted by molar-refractivity contribution is -0.134. The molecule has 1 unspecified atom stereocenters. The van der Waals surface area contributed by atoms with Gasteiger partial charge in [0.25, 0.3) is 0 Å². The van der Waals surface area contributed by atoms with Crippen LogP contribution in [0.4, 0.5) is 0 Å². The monoisotopic (exact) mass is 368 g/mol. The van der Waals surface area contributed by atoms with E-state index in [0.29, 0.717) is 6.54 Å². The summed E-state index contributed by atoms with van der Waals surface area (Å²) in [6.07, 6.45) is 5.79. The smallest absolute Gasteiger partial charge is 0.237 e. The van der Waals surface area contributed by atoms with Gasteiger partial charge < -0.3 is 4.90 Å². The van der Waals surface area contributed by atoms with Crippen LogP contribution in [0.5, 0.6) is 0 Å². The van der Waals surface area contributed by atoms with Crippen LogP contribution >= 0.6 is 0 Å². The summed E-state index contributed by atoms with van der Waals surface area (Å²) in [7, 11) is -3.13. The number of likely N-dealkylation sites (tertiary alicyclic amines) is 1. The maximum absolute atomic E-state index is 12.9. The van der Waals surface area contributed by atoms with Crippen molar-refractivity contribution in [2.24, 2.45) is 5.92 Å². The molecule has 0 aromatic carbocycles. The van der Waals surface area contributed by atoms with Crippen LogP contribution in [0.1, 0.15) is 38.3 Å². The standard InChI is InChI=1S/C17H28N4O3S/c1-3-20-11-15(10-18-20)16-13-25(23,24)9-8-21(16)17(22)12-19-6-4-14(2)5-7-19/h10-11,14,16H,3-9,12-13H2,1-2H3. The fourth-order valence-corrected chi connectivity index (χ4v) is 5.10. The Labute approximate surface area is 149 Å². The predicted molar refractivity (Wildman–Crippen MR) is 95.8 cm³/mol. The average Bonchev–Trinajstić information content (AvgIpc) is 3.05. The molecule has 2 aliphatic heterocycles. The Hall–Kier alpha value is -1.41. The molecule has 3 heterocycles. The third-order valence-electron chi connectivity index (χ3n) is 5.35. The number of aryl methyl sites for hydroxylation is 1. The first kappa shape index (κ1) is 18.4. The van der Waals surface area contributed by atoms with Gasteiger partial charge in [-0.05, 0) is 38.8 Å². The molecule has 0 N–H and O–H groups in total. The summed E-state index contributed by atoms with van der Waals surface area (Å²) in [6, 6.07) is -0.421. The predicted octanol–water partition coefficient (Wildman–Crippen LogP) is 0.933. The van der Waals surface area contributed by atoms with Crippen LogP contribution in [0.3, 0.4) is 0 Å². The lowest BCUT2D eigenvalue weighted by Gasteiger charge is -2.37. The molecule has 140 valence electrons. The van der Waals surface area contributed by atoms with Gasteiger partial charge in [-0.15, -0.1) is 0 Å². The van der Waals surface area contributed by atoms with Gasteiger partial charge in [0.15, 0.2) is 9.84 Å². The van der Waals surface area contributed by atoms with Gasteiger partial charge in [-0.1, -0.05) is 6.92 Å². The number of hydrogen-bond donors (Lipinski definition) is 0. The Morgan fingerprint density at radius 2 is 2.00 bits per heavy atom. The molecule has 25 heavy (non-hydrogen) atoms. The molecule has 1 atom stereocenters. The number of piperidine rings is 1. The summed E-state index contributed by atoms with van der Waals surface area (Å²) in [5.41, 5.74) is 0.811. The molecule has 7 nitrogen and oxygen atoms in total. The van der Waals surface area contributed by atoms with Gasteiger partial charge in [0.05, 0.1) is 30.3 Å². The van der Waals surface area contributed by atoms with E-state index >= 15 is 0 Å². The van der Waals surface area contributed by atoms with E-state index in [1.54, 1.807) is 15.8 Å². The second kappa shape index (κ2) is 7.45. The van der Waals surface area contributed by atoms with Crippen molar-refractivity contribution >= 4 is 15.7 Å². The van der Waals surface area contributed by atoms with Crippen LogP contribution in [-0.4, -0.2) is 71.6 Å². The van der Waals surface area contributed by atoms with E-state index in [9.17, 15) is 13.2 Å². The van der Waals surface area contributed by atoms with Crippen molar-refractivity contribution < 1.29 is 13.2 Å². The largest absolute Gasteiger partial charge is 0.332 e. The molecule has 0 saturated carbocycles. The highest BCUT2D eigenvalue weighted by atomic mass is 32.2. The van der Waals surface area contributed by atoms with Crippen LogP contribution in [0.2, 0.25) is 0 Å². The van der Waals surface area contributed by atoms with Crippen molar-refractivity contribution in [3.63, 3.8) is 0 Å². The maximum atomic E-state index is 12.9. The van der Waals surface area contributed by atoms with E-state index in [-0.39, 0.29) is 24.0 Å². The number of hydrogen-bond acceptors (Lipinski definition) is 5. The van der Waals surface area contributed by atoms with E-state index in [4.69, 9.17) is 0 Å². The average molecular weight is 369 g/mol. The van der Waals surface area contributed by atoms with Crippen LogP contribution < -0.4 is 0 Å². The van der Waals surface area contributed by atoms with Gasteiger partial charge in [-0.3, -0.25) is 14.4 Å². The summed E-state index contributed by atoms with van der Waals surface area (Å²) in [6.45, 7) is 7.48. The summed E-state index contributed by atoms with van der Waals surface area (Å²) >= 11 is 0. The molecule has 2 saturated heterocycles. The van der Waals surface area contributed by atoms with E-state index < -0.39 is 15.9 Å². The highest BCUT2D eigenvalue weighted by molar-refractivity contribution is 7.91. The molecule has 1 aromatic heterocycles. The van der Waals surface area contributed by atoms with E-state index in [1.165, 1.54) is 0 Å². The second-order valence-corrected chi connectivity index (χ2v) is 9.53. The second-order valence-electron chi connectivity index (χ2n) is 7.31. The van der Waals surface area contributed by atoms with Crippen molar-refractivity contribution in [3.05, 3.63) is 18.0 Å². The topological polar surface area (TPSA) is 75.5 Å². The fourth-order valence-electron chi connectivity index (χ4n) is 3.61. The first-order chi connectivity index (χ1) is 11.9. The highest BCUT2D eigenvalue weighted by Crippen LogP contribution is 2.27. The first-order valence-corrected chi connectivity index (χ1v) is 10.9. The number of sulfone groups is 1. The molecule has 1 amide bonds. The Kier molecular flexibility index (Phi) is 5.48. The molecule has 0 aliphatic carbocycles. The van der Waals surface area contributed by atoms with Crippen LogP contribution in [-0.2, 0) is 21.2 Å². The highest BCUT2D eigenvalue weighted by Gasteiger charge is 2.36. The molecule has 8 heteroatoms. The molecule has 2 aliphatic rings. The summed E-state index contributed by atoms with van der Waals surface area (Å²) in [5, 5.41) is 4.25. The molecule has 1 aromatic rings. The van der Waals surface area contributed by atoms with E-state index in [1.807, 2.05) is 13.1 Å². The normalized spacial score (nSPS) is 25.2. The zero-order chi connectivity index (χ0) is 18.0. The van der Waals surface area contributed by atoms with Crippen molar-refractivity contribution in [1.29, 1.82) is 0 Å². The SMILES string of the molecule is CCn1cc(C2CS(=O)(=O)CCN2C(=O)CN2CCC(C)CC2)cn1. The van der Waals surface area contributed by atoms with Gasteiger partial charge in [0.2, 0.25) is 5.91 Å². The van der Waals surface area contributed by atoms with E-state index in [2.05, 4.69) is 16.9 Å². The molecule has 2 fully saturated rings. The minimum absolute atomic E-state index is 0.00875. The Bertz CT molecular complexity index is 707. The molecule has 3 rings (SSSR count). The minimum Gasteiger partial charge on any atom is -0.332 e. The molecular formula is C17H28N4O3S. The number of nitrogens with zero attached hydrogens (tertiary/aromatic N) is 4. The van der Waals surface area contributed by atoms with Crippen LogP contribution in [0.15, 0.2) is 12.4 Å². The lowest BCUT2D eigenvalue weighted by atomic mass is 9.99. The van der Waals surface area contributed by atoms with Crippen LogP contribution in [0.25, 0.3) is 0 Å². The van der Waals surface area contributed by atoms with Crippen molar-refractivity contribution in [3.8, 4) is 0 Å². The molecule has 0 radical (unpaired) electrons. The number of rotatable bonds is 4. The Balaban J connectivity index is 1.73. The summed E-state index contributed by atoms with van der Waals surface area (Å²) in [4.78, 5) is 16.8. The zero-order valence-electron chi connectivity index (χ0n) is 15.1. The van der Waals surface area contributed by atoms with Crippen molar-refractivity contribution in [2.75, 3.05) is 37.7 Å². The first-order valence-electron chi connectivity index (χ1n) is 9.12. The Morgan fingerprint density at radius 1 is 1.28 bits per heavy atom. The van der Waals surface area contributed by atoms with E-state index in [0.717, 1.165) is 44.0 Å². The van der Waals surface area contributed by atoms with Gasteiger partial charge >= 0.3 is 0 Å². The fraction of sp³-hybridized carbons (Fsp3) is 0.765. The lowest BCUT2D eigenvalue weighted by Crippen LogP contribution is -2.50. The maximum Gasteiger partial charge on any atom is 0.237 e. The van der Waals surface area contributed by atoms with Gasteiger partial charge in [-0.2, -0.15) is 5.10 Å². The van der Waals surface area contributed by atoms with Crippen molar-refractivity contribution in [2.45, 2.75) is 39.3 Å². The van der Waals surface area contributed by atoms with Gasteiger partial charge in [0.1, 0.15) is 0 Å². The van der Waals surface area contributed by atoms with Gasteiger partial charge in [0, 0.05) is 24.8 Å². The molecule has 0 spiro atoms. The zero-order valence-corrected chi connectivity index (χ0v) is 15.9. The van der Waals surface area contributed by atoms with Crippen LogP contribution in [0, 0.1) is 5.92 Å². The number of carbonyl (C=O) groups excluding carboxylic acids is 1. The Morgan fingerprint density at radius 3 is 2.64 bits per heavy atom.